The third-order valence-corrected chi connectivity index (χ3v) is 4.32. The fraction of sp³-hybridized carbons (Fsp3) is 0.350. The van der Waals surface area contributed by atoms with Crippen molar-refractivity contribution in [3.05, 3.63) is 54.3 Å². The summed E-state index contributed by atoms with van der Waals surface area (Å²) in [5.74, 6) is -0.711. The first-order valence-electron chi connectivity index (χ1n) is 8.74. The largest absolute Gasteiger partial charge is 0.481 e. The molecule has 4 nitrogen and oxygen atoms in total. The van der Waals surface area contributed by atoms with E-state index in [0.717, 1.165) is 13.1 Å². The molecule has 0 atom stereocenters. The van der Waals surface area contributed by atoms with Crippen LogP contribution < -0.4 is 15.0 Å². The number of amides is 1. The number of hydrogen-bond acceptors (Lipinski definition) is 3. The highest BCUT2D eigenvalue weighted by Gasteiger charge is 2.10. The summed E-state index contributed by atoms with van der Waals surface area (Å²) in [6.07, 6.45) is 5.05. The zero-order valence-corrected chi connectivity index (χ0v) is 14.2. The standard InChI is InChI=1S/C20H23FN2O2/c21-18-7-3-4-8-19(18)25-15-20(24)22-16-9-11-17(12-10-16)23-13-5-1-2-6-14-23/h3-4,7-12H,1-2,5-6,13-15H2,(H,22,24). The number of nitrogens with zero attached hydrogens (tertiary/aromatic N) is 1. The van der Waals surface area contributed by atoms with Gasteiger partial charge in [0, 0.05) is 24.5 Å². The van der Waals surface area contributed by atoms with Gasteiger partial charge in [0.25, 0.3) is 5.91 Å². The Morgan fingerprint density at radius 2 is 1.68 bits per heavy atom. The molecular formula is C20H23FN2O2. The van der Waals surface area contributed by atoms with E-state index in [9.17, 15) is 9.18 Å². The minimum atomic E-state index is -0.475. The molecule has 25 heavy (non-hydrogen) atoms. The van der Waals surface area contributed by atoms with Crippen LogP contribution in [0.3, 0.4) is 0 Å². The van der Waals surface area contributed by atoms with Gasteiger partial charge in [0.05, 0.1) is 0 Å². The van der Waals surface area contributed by atoms with Crippen LogP contribution in [0.1, 0.15) is 25.7 Å². The first-order valence-corrected chi connectivity index (χ1v) is 8.74. The van der Waals surface area contributed by atoms with Gasteiger partial charge in [0.15, 0.2) is 18.2 Å². The molecule has 1 aliphatic rings. The predicted octanol–water partition coefficient (Wildman–Crippen LogP) is 4.22. The number of para-hydroxylation sites is 1. The van der Waals surface area contributed by atoms with Gasteiger partial charge in [-0.3, -0.25) is 4.79 Å². The molecule has 1 fully saturated rings. The molecule has 0 saturated carbocycles. The molecule has 0 unspecified atom stereocenters. The molecule has 0 radical (unpaired) electrons. The number of rotatable bonds is 5. The second-order valence-electron chi connectivity index (χ2n) is 6.22. The zero-order chi connectivity index (χ0) is 17.5. The molecule has 0 bridgehead atoms. The van der Waals surface area contributed by atoms with E-state index >= 15 is 0 Å². The topological polar surface area (TPSA) is 41.6 Å². The highest BCUT2D eigenvalue weighted by atomic mass is 19.1. The Morgan fingerprint density at radius 3 is 2.36 bits per heavy atom. The van der Waals surface area contributed by atoms with Crippen LogP contribution in [0.4, 0.5) is 15.8 Å². The Balaban J connectivity index is 1.52. The molecule has 3 rings (SSSR count). The second-order valence-corrected chi connectivity index (χ2v) is 6.22. The van der Waals surface area contributed by atoms with Crippen molar-refractivity contribution in [2.45, 2.75) is 25.7 Å². The summed E-state index contributed by atoms with van der Waals surface area (Å²) in [6, 6.07) is 13.9. The van der Waals surface area contributed by atoms with Crippen molar-refractivity contribution in [3.63, 3.8) is 0 Å². The average Bonchev–Trinajstić information content (AvgIpc) is 2.91. The van der Waals surface area contributed by atoms with Crippen LogP contribution in [-0.2, 0) is 4.79 Å². The maximum absolute atomic E-state index is 13.5. The van der Waals surface area contributed by atoms with Gasteiger partial charge >= 0.3 is 0 Å². The van der Waals surface area contributed by atoms with Gasteiger partial charge in [0.1, 0.15) is 0 Å². The van der Waals surface area contributed by atoms with Crippen LogP contribution in [0.5, 0.6) is 5.75 Å². The number of anilines is 2. The molecule has 132 valence electrons. The van der Waals surface area contributed by atoms with Crippen LogP contribution in [0.2, 0.25) is 0 Å². The number of carbonyl (C=O) groups is 1. The number of ether oxygens (including phenoxy) is 1. The Morgan fingerprint density at radius 1 is 1.00 bits per heavy atom. The molecule has 1 saturated heterocycles. The van der Waals surface area contributed by atoms with E-state index in [0.29, 0.717) is 5.69 Å². The van der Waals surface area contributed by atoms with Crippen LogP contribution in [0.15, 0.2) is 48.5 Å². The highest BCUT2D eigenvalue weighted by molar-refractivity contribution is 5.92. The average molecular weight is 342 g/mol. The normalized spacial score (nSPS) is 14.7. The summed E-state index contributed by atoms with van der Waals surface area (Å²) in [7, 11) is 0. The van der Waals surface area contributed by atoms with Crippen LogP contribution in [0, 0.1) is 5.82 Å². The van der Waals surface area contributed by atoms with Crippen molar-refractivity contribution in [2.75, 3.05) is 29.9 Å². The second kappa shape index (κ2) is 8.51. The fourth-order valence-corrected chi connectivity index (χ4v) is 2.99. The van der Waals surface area contributed by atoms with Gasteiger partial charge in [-0.15, -0.1) is 0 Å². The van der Waals surface area contributed by atoms with Gasteiger partial charge in [0.2, 0.25) is 0 Å². The van der Waals surface area contributed by atoms with E-state index < -0.39 is 5.82 Å². The quantitative estimate of drug-likeness (QED) is 0.884. The molecule has 2 aromatic rings. The maximum atomic E-state index is 13.5. The monoisotopic (exact) mass is 342 g/mol. The number of nitrogens with one attached hydrogen (secondary N) is 1. The van der Waals surface area contributed by atoms with Gasteiger partial charge in [-0.05, 0) is 49.2 Å². The van der Waals surface area contributed by atoms with E-state index in [1.807, 2.05) is 24.3 Å². The van der Waals surface area contributed by atoms with Crippen molar-refractivity contribution in [1.82, 2.24) is 0 Å². The van der Waals surface area contributed by atoms with E-state index in [2.05, 4.69) is 10.2 Å². The summed E-state index contributed by atoms with van der Waals surface area (Å²) in [4.78, 5) is 14.3. The molecule has 1 amide bonds. The summed E-state index contributed by atoms with van der Waals surface area (Å²) < 4.78 is 18.7. The van der Waals surface area contributed by atoms with Crippen LogP contribution in [-0.4, -0.2) is 25.6 Å². The molecule has 2 aromatic carbocycles. The highest BCUT2D eigenvalue weighted by Crippen LogP contribution is 2.21. The molecule has 1 N–H and O–H groups in total. The molecule has 1 aliphatic heterocycles. The molecule has 5 heteroatoms. The lowest BCUT2D eigenvalue weighted by molar-refractivity contribution is -0.118. The van der Waals surface area contributed by atoms with Gasteiger partial charge in [-0.2, -0.15) is 0 Å². The summed E-state index contributed by atoms with van der Waals surface area (Å²) in [6.45, 7) is 1.94. The maximum Gasteiger partial charge on any atom is 0.262 e. The molecule has 0 aromatic heterocycles. The van der Waals surface area contributed by atoms with Crippen LogP contribution >= 0.6 is 0 Å². The smallest absolute Gasteiger partial charge is 0.262 e. The first kappa shape index (κ1) is 17.3. The van der Waals surface area contributed by atoms with E-state index in [1.54, 1.807) is 12.1 Å². The zero-order valence-electron chi connectivity index (χ0n) is 14.2. The van der Waals surface area contributed by atoms with E-state index in [4.69, 9.17) is 4.74 Å². The number of halogens is 1. The van der Waals surface area contributed by atoms with Gasteiger partial charge < -0.3 is 15.0 Å². The van der Waals surface area contributed by atoms with E-state index in [-0.39, 0.29) is 18.3 Å². The molecule has 1 heterocycles. The Hall–Kier alpha value is -2.56. The van der Waals surface area contributed by atoms with Gasteiger partial charge in [-0.1, -0.05) is 25.0 Å². The SMILES string of the molecule is O=C(COc1ccccc1F)Nc1ccc(N2CCCCCC2)cc1. The first-order chi connectivity index (χ1) is 12.2. The number of hydrogen-bond donors (Lipinski definition) is 1. The third kappa shape index (κ3) is 4.95. The molecule has 0 spiro atoms. The van der Waals surface area contributed by atoms with Crippen molar-refractivity contribution >= 4 is 17.3 Å². The van der Waals surface area contributed by atoms with Crippen molar-refractivity contribution in [2.24, 2.45) is 0 Å². The lowest BCUT2D eigenvalue weighted by atomic mass is 10.2. The summed E-state index contributed by atoms with van der Waals surface area (Å²) >= 11 is 0. The number of benzene rings is 2. The number of carbonyl (C=O) groups excluding carboxylic acids is 1. The van der Waals surface area contributed by atoms with Crippen molar-refractivity contribution in [3.8, 4) is 5.75 Å². The predicted molar refractivity (Wildman–Crippen MR) is 97.6 cm³/mol. The Kier molecular flexibility index (Phi) is 5.88. The minimum Gasteiger partial charge on any atom is -0.481 e. The summed E-state index contributed by atoms with van der Waals surface area (Å²) in [5, 5.41) is 2.77. The van der Waals surface area contributed by atoms with Crippen molar-refractivity contribution < 1.29 is 13.9 Å². The Labute approximate surface area is 147 Å². The molecule has 0 aliphatic carbocycles. The van der Waals surface area contributed by atoms with Crippen LogP contribution in [0.25, 0.3) is 0 Å². The van der Waals surface area contributed by atoms with Gasteiger partial charge in [-0.25, -0.2) is 4.39 Å². The van der Waals surface area contributed by atoms with E-state index in [1.165, 1.54) is 43.5 Å². The Bertz CT molecular complexity index is 695. The fourth-order valence-electron chi connectivity index (χ4n) is 2.99. The lowest BCUT2D eigenvalue weighted by Crippen LogP contribution is -2.24. The molecular weight excluding hydrogens is 319 g/mol. The third-order valence-electron chi connectivity index (χ3n) is 4.32. The lowest BCUT2D eigenvalue weighted by Gasteiger charge is -2.22. The minimum absolute atomic E-state index is 0.0779. The van der Waals surface area contributed by atoms with Crippen molar-refractivity contribution in [1.29, 1.82) is 0 Å². The summed E-state index contributed by atoms with van der Waals surface area (Å²) in [5.41, 5.74) is 1.89.